The molecule has 3 nitrogen and oxygen atoms in total. The van der Waals surface area contributed by atoms with Gasteiger partial charge in [-0.05, 0) is 104 Å². The number of rotatable bonds is 7. The normalized spacial score (nSPS) is 26.0. The second-order valence-electron chi connectivity index (χ2n) is 13.2. The highest BCUT2D eigenvalue weighted by Gasteiger charge is 2.31. The summed E-state index contributed by atoms with van der Waals surface area (Å²) in [5, 5.41) is 10.6. The lowest BCUT2D eigenvalue weighted by Gasteiger charge is -2.38. The first-order valence-corrected chi connectivity index (χ1v) is 13.6. The molecule has 3 rings (SSSR count). The van der Waals surface area contributed by atoms with E-state index >= 15 is 0 Å². The van der Waals surface area contributed by atoms with Crippen LogP contribution >= 0.6 is 0 Å². The van der Waals surface area contributed by atoms with Crippen LogP contribution in [0.15, 0.2) is 42.8 Å². The van der Waals surface area contributed by atoms with Crippen LogP contribution < -0.4 is 16.0 Å². The third-order valence-electron chi connectivity index (χ3n) is 8.72. The van der Waals surface area contributed by atoms with E-state index in [1.54, 1.807) is 0 Å². The number of hydrogen-bond acceptors (Lipinski definition) is 3. The molecule has 0 unspecified atom stereocenters. The Bertz CT molecular complexity index is 772. The van der Waals surface area contributed by atoms with Crippen molar-refractivity contribution in [3.63, 3.8) is 0 Å². The second kappa shape index (κ2) is 10.8. The fourth-order valence-electron chi connectivity index (χ4n) is 6.11. The molecule has 0 bridgehead atoms. The minimum absolute atomic E-state index is 0.413. The van der Waals surface area contributed by atoms with Gasteiger partial charge >= 0.3 is 0 Å². The predicted octanol–water partition coefficient (Wildman–Crippen LogP) is 9.28. The van der Waals surface area contributed by atoms with Crippen LogP contribution in [-0.2, 0) is 0 Å². The van der Waals surface area contributed by atoms with Crippen molar-refractivity contribution in [2.45, 2.75) is 92.9 Å². The van der Waals surface area contributed by atoms with E-state index in [0.29, 0.717) is 22.7 Å². The third-order valence-corrected chi connectivity index (χ3v) is 8.72. The predicted molar refractivity (Wildman–Crippen MR) is 151 cm³/mol. The fourth-order valence-corrected chi connectivity index (χ4v) is 6.11. The van der Waals surface area contributed by atoms with Crippen LogP contribution in [-0.4, -0.2) is 7.05 Å². The lowest BCUT2D eigenvalue weighted by atomic mass is 9.69. The molecule has 1 aromatic carbocycles. The van der Waals surface area contributed by atoms with Gasteiger partial charge in [-0.25, -0.2) is 0 Å². The van der Waals surface area contributed by atoms with Crippen molar-refractivity contribution in [2.75, 3.05) is 23.0 Å². The van der Waals surface area contributed by atoms with E-state index < -0.39 is 0 Å². The van der Waals surface area contributed by atoms with Crippen LogP contribution in [0.3, 0.4) is 0 Å². The van der Waals surface area contributed by atoms with Gasteiger partial charge in [0.15, 0.2) is 0 Å². The average molecular weight is 466 g/mol. The molecule has 2 aliphatic rings. The Balaban J connectivity index is 1.59. The van der Waals surface area contributed by atoms with Gasteiger partial charge in [-0.15, -0.1) is 0 Å². The van der Waals surface area contributed by atoms with Gasteiger partial charge in [0.05, 0.1) is 0 Å². The topological polar surface area (TPSA) is 36.1 Å². The largest absolute Gasteiger partial charge is 0.388 e. The summed E-state index contributed by atoms with van der Waals surface area (Å²) in [5.74, 6) is 2.76. The van der Waals surface area contributed by atoms with Gasteiger partial charge < -0.3 is 16.0 Å². The highest BCUT2D eigenvalue weighted by molar-refractivity contribution is 5.69. The Morgan fingerprint density at radius 2 is 0.941 bits per heavy atom. The van der Waals surface area contributed by atoms with Crippen LogP contribution in [0, 0.1) is 34.5 Å². The molecule has 1 aromatic rings. The lowest BCUT2D eigenvalue weighted by Crippen LogP contribution is -2.27. The third kappa shape index (κ3) is 7.06. The quantitative estimate of drug-likeness (QED) is 0.375. The zero-order chi connectivity index (χ0) is 25.1. The molecule has 3 heteroatoms. The van der Waals surface area contributed by atoms with E-state index in [1.165, 1.54) is 51.4 Å². The highest BCUT2D eigenvalue weighted by Crippen LogP contribution is 2.43. The molecule has 3 N–H and O–H groups in total. The Kier molecular flexibility index (Phi) is 8.47. The maximum Gasteiger partial charge on any atom is 0.0423 e. The molecular weight excluding hydrogens is 414 g/mol. The molecular formula is C31H51N3. The molecule has 0 aliphatic heterocycles. The number of allylic oxidation sites excluding steroid dienone is 2. The number of hydrogen-bond donors (Lipinski definition) is 3. The van der Waals surface area contributed by atoms with E-state index in [1.807, 2.05) is 7.05 Å². The smallest absolute Gasteiger partial charge is 0.0423 e. The van der Waals surface area contributed by atoms with Crippen molar-refractivity contribution in [1.29, 1.82) is 0 Å². The molecule has 2 aliphatic carbocycles. The SMILES string of the molecule is C=C(Nc1cc(NC)cc(NC(=C)C2CCC(C(C)(C)C)CC2)c1)C1CCC(C(C)(C)C)CC1. The van der Waals surface area contributed by atoms with E-state index in [4.69, 9.17) is 0 Å². The number of nitrogens with one attached hydrogen (secondary N) is 3. The fraction of sp³-hybridized carbons (Fsp3) is 0.677. The minimum Gasteiger partial charge on any atom is -0.388 e. The summed E-state index contributed by atoms with van der Waals surface area (Å²) >= 11 is 0. The summed E-state index contributed by atoms with van der Waals surface area (Å²) in [6.07, 6.45) is 10.1. The maximum absolute atomic E-state index is 4.44. The summed E-state index contributed by atoms with van der Waals surface area (Å²) in [7, 11) is 1.98. The van der Waals surface area contributed by atoms with Crippen LogP contribution in [0.25, 0.3) is 0 Å². The van der Waals surface area contributed by atoms with Crippen molar-refractivity contribution >= 4 is 17.1 Å². The Hall–Kier alpha value is -1.90. The molecule has 0 atom stereocenters. The molecule has 190 valence electrons. The lowest BCUT2D eigenvalue weighted by molar-refractivity contribution is 0.160. The van der Waals surface area contributed by atoms with Crippen molar-refractivity contribution in [3.05, 3.63) is 42.8 Å². The molecule has 2 saturated carbocycles. The zero-order valence-corrected chi connectivity index (χ0v) is 23.1. The Morgan fingerprint density at radius 3 is 1.24 bits per heavy atom. The summed E-state index contributed by atoms with van der Waals surface area (Å²) < 4.78 is 0. The first kappa shape index (κ1) is 26.7. The first-order valence-electron chi connectivity index (χ1n) is 13.6. The highest BCUT2D eigenvalue weighted by atomic mass is 14.9. The van der Waals surface area contributed by atoms with Crippen LogP contribution in [0.4, 0.5) is 17.1 Å². The molecule has 0 radical (unpaired) electrons. The summed E-state index contributed by atoms with van der Waals surface area (Å²) in [4.78, 5) is 0. The van der Waals surface area contributed by atoms with E-state index in [9.17, 15) is 0 Å². The Morgan fingerprint density at radius 1 is 0.618 bits per heavy atom. The molecule has 0 amide bonds. The van der Waals surface area contributed by atoms with Crippen LogP contribution in [0.5, 0.6) is 0 Å². The standard InChI is InChI=1S/C31H51N3/c1-21(23-10-14-25(15-11-23)30(3,4)5)33-28-18-27(32-9)19-29(20-28)34-22(2)24-12-16-26(17-13-24)31(6,7)8/h18-20,23-26,32-34H,1-2,10-17H2,3-9H3. The van der Waals surface area contributed by atoms with Crippen molar-refractivity contribution in [3.8, 4) is 0 Å². The minimum atomic E-state index is 0.413. The first-order chi connectivity index (χ1) is 15.9. The molecule has 0 heterocycles. The number of anilines is 3. The van der Waals surface area contributed by atoms with E-state index in [2.05, 4.69) is 88.8 Å². The van der Waals surface area contributed by atoms with Gasteiger partial charge in [-0.3, -0.25) is 0 Å². The summed E-state index contributed by atoms with van der Waals surface area (Å²) in [6, 6.07) is 6.56. The summed E-state index contributed by atoms with van der Waals surface area (Å²) in [5.41, 5.74) is 6.44. The van der Waals surface area contributed by atoms with Crippen molar-refractivity contribution in [2.24, 2.45) is 34.5 Å². The summed E-state index contributed by atoms with van der Waals surface area (Å²) in [6.45, 7) is 23.2. The van der Waals surface area contributed by atoms with E-state index in [-0.39, 0.29) is 0 Å². The van der Waals surface area contributed by atoms with Crippen LogP contribution in [0.2, 0.25) is 0 Å². The van der Waals surface area contributed by atoms with Gasteiger partial charge in [-0.2, -0.15) is 0 Å². The molecule has 0 aromatic heterocycles. The maximum atomic E-state index is 4.44. The van der Waals surface area contributed by atoms with Gasteiger partial charge in [0.2, 0.25) is 0 Å². The zero-order valence-electron chi connectivity index (χ0n) is 23.1. The molecule has 0 saturated heterocycles. The monoisotopic (exact) mass is 465 g/mol. The molecule has 0 spiro atoms. The van der Waals surface area contributed by atoms with Crippen LogP contribution in [0.1, 0.15) is 92.9 Å². The van der Waals surface area contributed by atoms with Gasteiger partial charge in [0.25, 0.3) is 0 Å². The average Bonchev–Trinajstić information content (AvgIpc) is 2.77. The van der Waals surface area contributed by atoms with Gasteiger partial charge in [0, 0.05) is 35.5 Å². The molecule has 34 heavy (non-hydrogen) atoms. The van der Waals surface area contributed by atoms with E-state index in [0.717, 1.165) is 40.3 Å². The van der Waals surface area contributed by atoms with Gasteiger partial charge in [-0.1, -0.05) is 54.7 Å². The molecule has 2 fully saturated rings. The van der Waals surface area contributed by atoms with Crippen molar-refractivity contribution < 1.29 is 0 Å². The second-order valence-corrected chi connectivity index (χ2v) is 13.2. The van der Waals surface area contributed by atoms with Crippen molar-refractivity contribution in [1.82, 2.24) is 0 Å². The number of benzene rings is 1. The van der Waals surface area contributed by atoms with Gasteiger partial charge in [0.1, 0.15) is 0 Å². The Labute approximate surface area is 210 Å².